The highest BCUT2D eigenvalue weighted by Crippen LogP contribution is 2.23. The van der Waals surface area contributed by atoms with Gasteiger partial charge in [0.25, 0.3) is 0 Å². The van der Waals surface area contributed by atoms with Crippen LogP contribution in [0.1, 0.15) is 0 Å². The van der Waals surface area contributed by atoms with E-state index in [0.717, 1.165) is 11.1 Å². The van der Waals surface area contributed by atoms with E-state index in [1.54, 1.807) is 10.9 Å². The number of aryl methyl sites for hydroxylation is 1. The number of aromatic nitrogens is 3. The molecular weight excluding hydrogens is 152 g/mol. The summed E-state index contributed by atoms with van der Waals surface area (Å²) >= 11 is 0. The summed E-state index contributed by atoms with van der Waals surface area (Å²) in [6.45, 7) is 0. The molecule has 0 aliphatic rings. The van der Waals surface area contributed by atoms with Crippen molar-refractivity contribution in [3.8, 4) is 11.1 Å². The zero-order valence-electron chi connectivity index (χ0n) is 6.78. The molecule has 0 bridgehead atoms. The molecule has 2 aromatic heterocycles. The van der Waals surface area contributed by atoms with Crippen molar-refractivity contribution in [2.24, 2.45) is 7.05 Å². The van der Waals surface area contributed by atoms with Crippen molar-refractivity contribution in [1.29, 1.82) is 0 Å². The third kappa shape index (κ3) is 0.887. The van der Waals surface area contributed by atoms with Gasteiger partial charge in [-0.05, 0) is 6.07 Å². The number of hydrogen-bond acceptors (Lipinski definition) is 2. The number of rotatable bonds is 1. The van der Waals surface area contributed by atoms with Gasteiger partial charge in [0.2, 0.25) is 0 Å². The molecule has 0 saturated heterocycles. The Labute approximate surface area is 70.0 Å². The van der Waals surface area contributed by atoms with E-state index in [4.69, 9.17) is 5.73 Å². The van der Waals surface area contributed by atoms with Crippen LogP contribution in [-0.4, -0.2) is 14.8 Å². The van der Waals surface area contributed by atoms with Crippen LogP contribution in [0.3, 0.4) is 0 Å². The molecule has 0 saturated carbocycles. The van der Waals surface area contributed by atoms with E-state index < -0.39 is 0 Å². The van der Waals surface area contributed by atoms with Crippen molar-refractivity contribution in [1.82, 2.24) is 14.8 Å². The van der Waals surface area contributed by atoms with Crippen LogP contribution < -0.4 is 5.73 Å². The number of aromatic amines is 1. The molecular formula is C8H10N4. The molecule has 4 heteroatoms. The highest BCUT2D eigenvalue weighted by atomic mass is 15.3. The van der Waals surface area contributed by atoms with Gasteiger partial charge >= 0.3 is 0 Å². The maximum Gasteiger partial charge on any atom is 0.129 e. The Morgan fingerprint density at radius 3 is 2.92 bits per heavy atom. The first-order valence-electron chi connectivity index (χ1n) is 3.69. The lowest BCUT2D eigenvalue weighted by atomic mass is 10.2. The van der Waals surface area contributed by atoms with Crippen molar-refractivity contribution in [2.75, 3.05) is 5.73 Å². The Morgan fingerprint density at radius 2 is 2.42 bits per heavy atom. The molecule has 0 aromatic carbocycles. The second kappa shape index (κ2) is 2.41. The summed E-state index contributed by atoms with van der Waals surface area (Å²) in [5.41, 5.74) is 7.82. The van der Waals surface area contributed by atoms with Crippen LogP contribution in [-0.2, 0) is 7.05 Å². The number of H-pyrrole nitrogens is 1. The third-order valence-corrected chi connectivity index (χ3v) is 1.89. The summed E-state index contributed by atoms with van der Waals surface area (Å²) in [6.07, 6.45) is 5.52. The van der Waals surface area contributed by atoms with Crippen molar-refractivity contribution in [2.45, 2.75) is 0 Å². The molecule has 0 aliphatic heterocycles. The van der Waals surface area contributed by atoms with E-state index in [-0.39, 0.29) is 0 Å². The third-order valence-electron chi connectivity index (χ3n) is 1.89. The van der Waals surface area contributed by atoms with E-state index in [1.165, 1.54) is 0 Å². The van der Waals surface area contributed by atoms with Gasteiger partial charge in [0.05, 0.1) is 6.20 Å². The minimum atomic E-state index is 0.689. The second-order valence-corrected chi connectivity index (χ2v) is 2.67. The van der Waals surface area contributed by atoms with Gasteiger partial charge in [-0.15, -0.1) is 0 Å². The average Bonchev–Trinajstić information content (AvgIpc) is 2.64. The normalized spacial score (nSPS) is 10.4. The summed E-state index contributed by atoms with van der Waals surface area (Å²) in [7, 11) is 1.82. The van der Waals surface area contributed by atoms with Crippen molar-refractivity contribution in [3.05, 3.63) is 24.7 Å². The first-order chi connectivity index (χ1) is 5.79. The lowest BCUT2D eigenvalue weighted by molar-refractivity contribution is 0.779. The standard InChI is InChI=1S/C8H10N4/c1-12-8(9)7(5-11-12)6-2-3-10-4-6/h2-5,10H,9H2,1H3. The van der Waals surface area contributed by atoms with Crippen molar-refractivity contribution < 1.29 is 0 Å². The van der Waals surface area contributed by atoms with E-state index in [2.05, 4.69) is 10.1 Å². The Bertz CT molecular complexity index is 372. The van der Waals surface area contributed by atoms with Gasteiger partial charge in [-0.1, -0.05) is 0 Å². The molecule has 0 radical (unpaired) electrons. The average molecular weight is 162 g/mol. The van der Waals surface area contributed by atoms with Gasteiger partial charge in [0.15, 0.2) is 0 Å². The molecule has 62 valence electrons. The van der Waals surface area contributed by atoms with Crippen molar-refractivity contribution in [3.63, 3.8) is 0 Å². The number of nitrogen functional groups attached to an aromatic ring is 1. The zero-order chi connectivity index (χ0) is 8.55. The van der Waals surface area contributed by atoms with E-state index in [9.17, 15) is 0 Å². The summed E-state index contributed by atoms with van der Waals surface area (Å²) < 4.78 is 1.66. The SMILES string of the molecule is Cn1ncc(-c2cc[nH]c2)c1N. The molecule has 2 heterocycles. The number of nitrogens with one attached hydrogen (secondary N) is 1. The smallest absolute Gasteiger partial charge is 0.129 e. The maximum atomic E-state index is 5.78. The van der Waals surface area contributed by atoms with Crippen LogP contribution in [0, 0.1) is 0 Å². The molecule has 0 fully saturated rings. The van der Waals surface area contributed by atoms with Gasteiger partial charge in [0, 0.05) is 30.6 Å². The van der Waals surface area contributed by atoms with Crippen LogP contribution in [0.15, 0.2) is 24.7 Å². The van der Waals surface area contributed by atoms with E-state index in [0.29, 0.717) is 5.82 Å². The molecule has 0 aliphatic carbocycles. The van der Waals surface area contributed by atoms with Crippen LogP contribution in [0.5, 0.6) is 0 Å². The maximum absolute atomic E-state index is 5.78. The van der Waals surface area contributed by atoms with Gasteiger partial charge in [-0.3, -0.25) is 4.68 Å². The topological polar surface area (TPSA) is 59.6 Å². The molecule has 2 aromatic rings. The van der Waals surface area contributed by atoms with Gasteiger partial charge in [-0.2, -0.15) is 5.10 Å². The van der Waals surface area contributed by atoms with Crippen LogP contribution in [0.4, 0.5) is 5.82 Å². The molecule has 3 N–H and O–H groups in total. The summed E-state index contributed by atoms with van der Waals surface area (Å²) in [4.78, 5) is 2.97. The Balaban J connectivity index is 2.55. The molecule has 4 nitrogen and oxygen atoms in total. The summed E-state index contributed by atoms with van der Waals surface area (Å²) in [6, 6.07) is 1.97. The first-order valence-corrected chi connectivity index (χ1v) is 3.69. The fourth-order valence-electron chi connectivity index (χ4n) is 1.16. The Morgan fingerprint density at radius 1 is 1.58 bits per heavy atom. The molecule has 0 unspecified atom stereocenters. The lowest BCUT2D eigenvalue weighted by Gasteiger charge is -1.95. The molecule has 0 spiro atoms. The monoisotopic (exact) mass is 162 g/mol. The van der Waals surface area contributed by atoms with Gasteiger partial charge in [-0.25, -0.2) is 0 Å². The highest BCUT2D eigenvalue weighted by molar-refractivity contribution is 5.72. The minimum Gasteiger partial charge on any atom is -0.383 e. The van der Waals surface area contributed by atoms with Gasteiger partial charge < -0.3 is 10.7 Å². The van der Waals surface area contributed by atoms with Crippen LogP contribution >= 0.6 is 0 Å². The largest absolute Gasteiger partial charge is 0.383 e. The molecule has 0 atom stereocenters. The fraction of sp³-hybridized carbons (Fsp3) is 0.125. The molecule has 2 rings (SSSR count). The first kappa shape index (κ1) is 6.97. The quantitative estimate of drug-likeness (QED) is 0.657. The van der Waals surface area contributed by atoms with Crippen molar-refractivity contribution >= 4 is 5.82 Å². The predicted molar refractivity (Wildman–Crippen MR) is 47.4 cm³/mol. The summed E-state index contributed by atoms with van der Waals surface area (Å²) in [5, 5.41) is 4.05. The minimum absolute atomic E-state index is 0.689. The predicted octanol–water partition coefficient (Wildman–Crippen LogP) is 0.997. The van der Waals surface area contributed by atoms with E-state index in [1.807, 2.05) is 25.5 Å². The number of nitrogens with two attached hydrogens (primary N) is 1. The summed E-state index contributed by atoms with van der Waals surface area (Å²) in [5.74, 6) is 0.689. The van der Waals surface area contributed by atoms with Gasteiger partial charge in [0.1, 0.15) is 5.82 Å². The number of hydrogen-bond donors (Lipinski definition) is 2. The highest BCUT2D eigenvalue weighted by Gasteiger charge is 2.06. The van der Waals surface area contributed by atoms with E-state index >= 15 is 0 Å². The lowest BCUT2D eigenvalue weighted by Crippen LogP contribution is -1.97. The molecule has 12 heavy (non-hydrogen) atoms. The number of anilines is 1. The van der Waals surface area contributed by atoms with Crippen LogP contribution in [0.2, 0.25) is 0 Å². The Kier molecular flexibility index (Phi) is 1.40. The Hall–Kier alpha value is -1.71. The zero-order valence-corrected chi connectivity index (χ0v) is 6.78. The van der Waals surface area contributed by atoms with Crippen LogP contribution in [0.25, 0.3) is 11.1 Å². The molecule has 0 amide bonds. The fourth-order valence-corrected chi connectivity index (χ4v) is 1.16. The second-order valence-electron chi connectivity index (χ2n) is 2.67. The number of nitrogens with zero attached hydrogens (tertiary/aromatic N) is 2.